The second-order valence-electron chi connectivity index (χ2n) is 3.51. The number of aryl methyl sites for hydroxylation is 1. The van der Waals surface area contributed by atoms with Crippen molar-refractivity contribution >= 4 is 28.8 Å². The first-order valence-electron chi connectivity index (χ1n) is 4.91. The van der Waals surface area contributed by atoms with Crippen LogP contribution in [0, 0.1) is 6.92 Å². The largest absolute Gasteiger partial charge is 0.397 e. The Morgan fingerprint density at radius 3 is 2.75 bits per heavy atom. The lowest BCUT2D eigenvalue weighted by molar-refractivity contribution is 1.20. The molecule has 0 bridgehead atoms. The Bertz CT molecular complexity index is 511. The van der Waals surface area contributed by atoms with Crippen LogP contribution in [0.5, 0.6) is 0 Å². The zero-order valence-corrected chi connectivity index (χ0v) is 9.62. The van der Waals surface area contributed by atoms with Crippen LogP contribution in [0.1, 0.15) is 5.69 Å². The third-order valence-electron chi connectivity index (χ3n) is 2.22. The van der Waals surface area contributed by atoms with Gasteiger partial charge in [0.05, 0.1) is 11.4 Å². The molecule has 0 fully saturated rings. The Labute approximate surface area is 99.3 Å². The number of benzene rings is 1. The number of halogens is 1. The van der Waals surface area contributed by atoms with Gasteiger partial charge in [-0.2, -0.15) is 0 Å². The number of aromatic nitrogens is 1. The SMILES string of the molecule is Cc1nc(Nc2cccc(Cl)c2)ccc1N. The first-order chi connectivity index (χ1) is 7.65. The van der Waals surface area contributed by atoms with Gasteiger partial charge in [0.2, 0.25) is 0 Å². The summed E-state index contributed by atoms with van der Waals surface area (Å²) in [5.41, 5.74) is 8.10. The van der Waals surface area contributed by atoms with E-state index in [9.17, 15) is 0 Å². The van der Waals surface area contributed by atoms with Crippen LogP contribution >= 0.6 is 11.6 Å². The number of hydrogen-bond donors (Lipinski definition) is 2. The average molecular weight is 234 g/mol. The molecule has 0 saturated heterocycles. The molecule has 3 N–H and O–H groups in total. The lowest BCUT2D eigenvalue weighted by Crippen LogP contribution is -1.98. The van der Waals surface area contributed by atoms with Crippen molar-refractivity contribution in [3.05, 3.63) is 47.1 Å². The fraction of sp³-hybridized carbons (Fsp3) is 0.0833. The molecule has 0 amide bonds. The van der Waals surface area contributed by atoms with E-state index in [1.807, 2.05) is 43.3 Å². The molecule has 16 heavy (non-hydrogen) atoms. The summed E-state index contributed by atoms with van der Waals surface area (Å²) in [5, 5.41) is 3.85. The maximum atomic E-state index is 5.89. The molecule has 1 heterocycles. The summed E-state index contributed by atoms with van der Waals surface area (Å²) in [6.07, 6.45) is 0. The lowest BCUT2D eigenvalue weighted by Gasteiger charge is -2.07. The summed E-state index contributed by atoms with van der Waals surface area (Å²) in [6.45, 7) is 1.87. The van der Waals surface area contributed by atoms with Crippen LogP contribution in [-0.2, 0) is 0 Å². The molecule has 0 aliphatic carbocycles. The van der Waals surface area contributed by atoms with Gasteiger partial charge in [0.15, 0.2) is 0 Å². The fourth-order valence-electron chi connectivity index (χ4n) is 1.36. The number of pyridine rings is 1. The first-order valence-corrected chi connectivity index (χ1v) is 5.28. The molecule has 82 valence electrons. The number of nitrogens with two attached hydrogens (primary N) is 1. The molecule has 2 aromatic rings. The summed E-state index contributed by atoms with van der Waals surface area (Å²) >= 11 is 5.89. The highest BCUT2D eigenvalue weighted by atomic mass is 35.5. The molecule has 1 aromatic carbocycles. The van der Waals surface area contributed by atoms with Gasteiger partial charge in [-0.3, -0.25) is 0 Å². The van der Waals surface area contributed by atoms with Crippen LogP contribution in [0.25, 0.3) is 0 Å². The summed E-state index contributed by atoms with van der Waals surface area (Å²) in [6, 6.07) is 11.1. The van der Waals surface area contributed by atoms with Crippen LogP contribution in [0.3, 0.4) is 0 Å². The van der Waals surface area contributed by atoms with Crippen molar-refractivity contribution in [2.24, 2.45) is 0 Å². The van der Waals surface area contributed by atoms with Gasteiger partial charge in [-0.25, -0.2) is 4.98 Å². The number of nitrogen functional groups attached to an aromatic ring is 1. The summed E-state index contributed by atoms with van der Waals surface area (Å²) in [5.74, 6) is 0.758. The third-order valence-corrected chi connectivity index (χ3v) is 2.46. The van der Waals surface area contributed by atoms with Gasteiger partial charge in [-0.15, -0.1) is 0 Å². The van der Waals surface area contributed by atoms with Gasteiger partial charge in [0.25, 0.3) is 0 Å². The number of anilines is 3. The summed E-state index contributed by atoms with van der Waals surface area (Å²) < 4.78 is 0. The first kappa shape index (κ1) is 10.8. The van der Waals surface area contributed by atoms with E-state index >= 15 is 0 Å². The number of nitrogens with zero attached hydrogens (tertiary/aromatic N) is 1. The molecular formula is C12H12ClN3. The van der Waals surface area contributed by atoms with Gasteiger partial charge in [-0.1, -0.05) is 17.7 Å². The standard InChI is InChI=1S/C12H12ClN3/c1-8-11(14)5-6-12(15-8)16-10-4-2-3-9(13)7-10/h2-7H,14H2,1H3,(H,15,16). The van der Waals surface area contributed by atoms with Crippen molar-refractivity contribution < 1.29 is 0 Å². The van der Waals surface area contributed by atoms with E-state index in [0.717, 1.165) is 17.2 Å². The second kappa shape index (κ2) is 4.41. The smallest absolute Gasteiger partial charge is 0.130 e. The Balaban J connectivity index is 2.24. The van der Waals surface area contributed by atoms with Crippen LogP contribution < -0.4 is 11.1 Å². The molecule has 2 rings (SSSR count). The van der Waals surface area contributed by atoms with Crippen LogP contribution in [0.15, 0.2) is 36.4 Å². The normalized spacial score (nSPS) is 10.1. The predicted molar refractivity (Wildman–Crippen MR) is 68.1 cm³/mol. The van der Waals surface area contributed by atoms with Crippen molar-refractivity contribution in [2.75, 3.05) is 11.1 Å². The topological polar surface area (TPSA) is 50.9 Å². The molecule has 4 heteroatoms. The second-order valence-corrected chi connectivity index (χ2v) is 3.94. The highest BCUT2D eigenvalue weighted by Crippen LogP contribution is 2.20. The lowest BCUT2D eigenvalue weighted by atomic mass is 10.3. The molecule has 3 nitrogen and oxygen atoms in total. The fourth-order valence-corrected chi connectivity index (χ4v) is 1.55. The third kappa shape index (κ3) is 2.44. The van der Waals surface area contributed by atoms with Gasteiger partial charge in [0, 0.05) is 10.7 Å². The maximum Gasteiger partial charge on any atom is 0.130 e. The molecule has 0 aliphatic heterocycles. The Morgan fingerprint density at radius 1 is 1.25 bits per heavy atom. The Kier molecular flexibility index (Phi) is 2.97. The molecule has 0 atom stereocenters. The van der Waals surface area contributed by atoms with Gasteiger partial charge >= 0.3 is 0 Å². The van der Waals surface area contributed by atoms with Crippen molar-refractivity contribution in [2.45, 2.75) is 6.92 Å². The van der Waals surface area contributed by atoms with E-state index in [1.54, 1.807) is 0 Å². The van der Waals surface area contributed by atoms with E-state index in [2.05, 4.69) is 10.3 Å². The predicted octanol–water partition coefficient (Wildman–Crippen LogP) is 3.37. The minimum Gasteiger partial charge on any atom is -0.397 e. The van der Waals surface area contributed by atoms with Crippen molar-refractivity contribution in [3.8, 4) is 0 Å². The maximum absolute atomic E-state index is 5.89. The van der Waals surface area contributed by atoms with Crippen molar-refractivity contribution in [3.63, 3.8) is 0 Å². The molecular weight excluding hydrogens is 222 g/mol. The Morgan fingerprint density at radius 2 is 2.06 bits per heavy atom. The van der Waals surface area contributed by atoms with E-state index in [4.69, 9.17) is 17.3 Å². The molecule has 0 aliphatic rings. The highest BCUT2D eigenvalue weighted by molar-refractivity contribution is 6.30. The quantitative estimate of drug-likeness (QED) is 0.836. The van der Waals surface area contributed by atoms with Crippen molar-refractivity contribution in [1.82, 2.24) is 4.98 Å². The average Bonchev–Trinajstić information content (AvgIpc) is 2.24. The van der Waals surface area contributed by atoms with Gasteiger partial charge < -0.3 is 11.1 Å². The zero-order chi connectivity index (χ0) is 11.5. The van der Waals surface area contributed by atoms with E-state index < -0.39 is 0 Å². The molecule has 0 saturated carbocycles. The monoisotopic (exact) mass is 233 g/mol. The number of rotatable bonds is 2. The van der Waals surface area contributed by atoms with Crippen molar-refractivity contribution in [1.29, 1.82) is 0 Å². The minimum absolute atomic E-state index is 0.691. The minimum atomic E-state index is 0.691. The van der Waals surface area contributed by atoms with Crippen LogP contribution in [0.2, 0.25) is 5.02 Å². The molecule has 0 spiro atoms. The Hall–Kier alpha value is -1.74. The van der Waals surface area contributed by atoms with Gasteiger partial charge in [0.1, 0.15) is 5.82 Å². The van der Waals surface area contributed by atoms with E-state index in [1.165, 1.54) is 0 Å². The van der Waals surface area contributed by atoms with Gasteiger partial charge in [-0.05, 0) is 37.3 Å². The number of hydrogen-bond acceptors (Lipinski definition) is 3. The van der Waals surface area contributed by atoms with E-state index in [0.29, 0.717) is 10.7 Å². The molecule has 0 radical (unpaired) electrons. The van der Waals surface area contributed by atoms with Crippen LogP contribution in [-0.4, -0.2) is 4.98 Å². The van der Waals surface area contributed by atoms with E-state index in [-0.39, 0.29) is 0 Å². The highest BCUT2D eigenvalue weighted by Gasteiger charge is 1.99. The zero-order valence-electron chi connectivity index (χ0n) is 8.87. The number of nitrogens with one attached hydrogen (secondary N) is 1. The van der Waals surface area contributed by atoms with Crippen LogP contribution in [0.4, 0.5) is 17.2 Å². The molecule has 0 unspecified atom stereocenters. The molecule has 1 aromatic heterocycles. The summed E-state index contributed by atoms with van der Waals surface area (Å²) in [4.78, 5) is 4.32. The summed E-state index contributed by atoms with van der Waals surface area (Å²) in [7, 11) is 0.